The van der Waals surface area contributed by atoms with Crippen LogP contribution in [-0.4, -0.2) is 29.7 Å². The number of carbonyl (C=O) groups excluding carboxylic acids is 2. The predicted octanol–water partition coefficient (Wildman–Crippen LogP) is 4.89. The van der Waals surface area contributed by atoms with Gasteiger partial charge in [-0.1, -0.05) is 53.3 Å². The molecule has 4 aromatic rings. The number of fused-ring (bicyclic) bond motifs is 1. The molecule has 3 heterocycles. The smallest absolute Gasteiger partial charge is 0.338 e. The molecule has 0 saturated heterocycles. The van der Waals surface area contributed by atoms with Gasteiger partial charge in [-0.05, 0) is 56.7 Å². The number of aromatic nitrogens is 1. The summed E-state index contributed by atoms with van der Waals surface area (Å²) >= 11 is 7.73. The molecule has 2 aromatic heterocycles. The maximum atomic E-state index is 13.8. The highest BCUT2D eigenvalue weighted by Crippen LogP contribution is 2.34. The maximum absolute atomic E-state index is 13.8. The van der Waals surface area contributed by atoms with Gasteiger partial charge >= 0.3 is 11.9 Å². The van der Waals surface area contributed by atoms with Crippen molar-refractivity contribution in [1.29, 1.82) is 0 Å². The summed E-state index contributed by atoms with van der Waals surface area (Å²) in [4.78, 5) is 43.9. The molecule has 0 fully saturated rings. The van der Waals surface area contributed by atoms with Crippen molar-refractivity contribution in [3.05, 3.63) is 114 Å². The zero-order valence-electron chi connectivity index (χ0n) is 22.0. The molecule has 0 radical (unpaired) electrons. The van der Waals surface area contributed by atoms with Gasteiger partial charge in [-0.2, -0.15) is 0 Å². The van der Waals surface area contributed by atoms with Crippen molar-refractivity contribution in [1.82, 2.24) is 4.57 Å². The fraction of sp³-hybridized carbons (Fsp3) is 0.200. The summed E-state index contributed by atoms with van der Waals surface area (Å²) in [7, 11) is 0. The third-order valence-electron chi connectivity index (χ3n) is 6.28. The number of hydrogen-bond donors (Lipinski definition) is 0. The first kappa shape index (κ1) is 27.4. The molecule has 0 spiro atoms. The second-order valence-corrected chi connectivity index (χ2v) is 10.2. The van der Waals surface area contributed by atoms with E-state index in [-0.39, 0.29) is 24.3 Å². The third kappa shape index (κ3) is 5.17. The molecule has 40 heavy (non-hydrogen) atoms. The molecule has 5 rings (SSSR count). The van der Waals surface area contributed by atoms with E-state index < -0.39 is 18.0 Å². The summed E-state index contributed by atoms with van der Waals surface area (Å²) in [6.07, 6.45) is 1.63. The van der Waals surface area contributed by atoms with E-state index in [2.05, 4.69) is 4.99 Å². The van der Waals surface area contributed by atoms with Crippen molar-refractivity contribution in [2.24, 2.45) is 4.99 Å². The van der Waals surface area contributed by atoms with E-state index in [1.165, 1.54) is 15.9 Å². The lowest BCUT2D eigenvalue weighted by molar-refractivity contribution is -0.139. The highest BCUT2D eigenvalue weighted by atomic mass is 35.5. The van der Waals surface area contributed by atoms with Crippen LogP contribution in [0.5, 0.6) is 0 Å². The standard InChI is InChI=1S/C30H25ClN2O6S/c1-4-37-28(35)19-10-8-9-18(15-19)23-14-13-20(39-23)16-24-27(34)33-26(21-11-6-7-12-22(21)31)25(29(36)38-5-2)17(3)32-30(33)40-24/h6-16,26H,4-5H2,1-3H3. The predicted molar refractivity (Wildman–Crippen MR) is 152 cm³/mol. The van der Waals surface area contributed by atoms with E-state index in [9.17, 15) is 14.4 Å². The fourth-order valence-corrected chi connectivity index (χ4v) is 5.78. The highest BCUT2D eigenvalue weighted by molar-refractivity contribution is 7.07. The number of allylic oxidation sites excluding steroid dienone is 1. The van der Waals surface area contributed by atoms with Crippen LogP contribution in [0.3, 0.4) is 0 Å². The van der Waals surface area contributed by atoms with Gasteiger partial charge in [0.25, 0.3) is 5.56 Å². The molecule has 1 aliphatic heterocycles. The lowest BCUT2D eigenvalue weighted by atomic mass is 9.96. The number of hydrogen-bond acceptors (Lipinski definition) is 8. The van der Waals surface area contributed by atoms with Crippen molar-refractivity contribution in [2.45, 2.75) is 26.8 Å². The molecule has 1 aliphatic rings. The number of benzene rings is 2. The summed E-state index contributed by atoms with van der Waals surface area (Å²) in [5.41, 5.74) is 2.08. The lowest BCUT2D eigenvalue weighted by Gasteiger charge is -2.25. The zero-order chi connectivity index (χ0) is 28.4. The van der Waals surface area contributed by atoms with E-state index in [4.69, 9.17) is 25.5 Å². The maximum Gasteiger partial charge on any atom is 0.338 e. The van der Waals surface area contributed by atoms with Crippen LogP contribution in [0.4, 0.5) is 0 Å². The summed E-state index contributed by atoms with van der Waals surface area (Å²) in [5, 5.41) is 0.416. The first-order valence-electron chi connectivity index (χ1n) is 12.6. The number of halogens is 1. The van der Waals surface area contributed by atoms with Crippen molar-refractivity contribution < 1.29 is 23.5 Å². The van der Waals surface area contributed by atoms with Gasteiger partial charge in [-0.15, -0.1) is 0 Å². The SMILES string of the molecule is CCOC(=O)C1=C(C)N=c2sc(=Cc3ccc(-c4cccc(C(=O)OCC)c4)o3)c(=O)n2C1c1ccccc1Cl. The van der Waals surface area contributed by atoms with E-state index >= 15 is 0 Å². The molecule has 1 atom stereocenters. The van der Waals surface area contributed by atoms with Crippen LogP contribution in [0.25, 0.3) is 17.4 Å². The van der Waals surface area contributed by atoms with Gasteiger partial charge < -0.3 is 13.9 Å². The minimum atomic E-state index is -0.802. The van der Waals surface area contributed by atoms with Crippen LogP contribution in [0, 0.1) is 0 Å². The Hall–Kier alpha value is -4.21. The van der Waals surface area contributed by atoms with E-state index in [1.807, 2.05) is 6.07 Å². The summed E-state index contributed by atoms with van der Waals surface area (Å²) in [6.45, 7) is 5.65. The third-order valence-corrected chi connectivity index (χ3v) is 7.60. The Morgan fingerprint density at radius 1 is 1.05 bits per heavy atom. The first-order chi connectivity index (χ1) is 19.3. The Morgan fingerprint density at radius 2 is 1.80 bits per heavy atom. The molecule has 10 heteroatoms. The summed E-state index contributed by atoms with van der Waals surface area (Å²) in [6, 6.07) is 16.7. The molecule has 8 nitrogen and oxygen atoms in total. The van der Waals surface area contributed by atoms with Gasteiger partial charge in [0.2, 0.25) is 0 Å². The summed E-state index contributed by atoms with van der Waals surface area (Å²) in [5.74, 6) is 0.00320. The van der Waals surface area contributed by atoms with Crippen molar-refractivity contribution >= 4 is 41.0 Å². The minimum absolute atomic E-state index is 0.179. The number of rotatable bonds is 7. The Kier molecular flexibility index (Phi) is 7.86. The molecule has 204 valence electrons. The van der Waals surface area contributed by atoms with Gasteiger partial charge in [0, 0.05) is 16.7 Å². The number of thiazole rings is 1. The van der Waals surface area contributed by atoms with Crippen molar-refractivity contribution in [3.63, 3.8) is 0 Å². The Morgan fingerprint density at radius 3 is 2.55 bits per heavy atom. The molecule has 0 N–H and O–H groups in total. The van der Waals surface area contributed by atoms with E-state index in [0.29, 0.717) is 48.3 Å². The molecule has 0 saturated carbocycles. The van der Waals surface area contributed by atoms with Crippen LogP contribution >= 0.6 is 22.9 Å². The quantitative estimate of drug-likeness (QED) is 0.291. The minimum Gasteiger partial charge on any atom is -0.463 e. The highest BCUT2D eigenvalue weighted by Gasteiger charge is 2.34. The second-order valence-electron chi connectivity index (χ2n) is 8.83. The lowest BCUT2D eigenvalue weighted by Crippen LogP contribution is -2.40. The van der Waals surface area contributed by atoms with E-state index in [0.717, 1.165) is 0 Å². The van der Waals surface area contributed by atoms with Gasteiger partial charge in [0.05, 0.1) is 34.6 Å². The average molecular weight is 577 g/mol. The largest absolute Gasteiger partial charge is 0.463 e. The Labute approximate surface area is 238 Å². The van der Waals surface area contributed by atoms with Crippen LogP contribution in [0.1, 0.15) is 48.5 Å². The molecular formula is C30H25ClN2O6S. The van der Waals surface area contributed by atoms with Crippen LogP contribution in [-0.2, 0) is 14.3 Å². The Bertz CT molecular complexity index is 1830. The number of nitrogens with zero attached hydrogens (tertiary/aromatic N) is 2. The number of ether oxygens (including phenoxy) is 2. The van der Waals surface area contributed by atoms with Gasteiger partial charge in [-0.3, -0.25) is 9.36 Å². The fourth-order valence-electron chi connectivity index (χ4n) is 4.51. The molecule has 0 aliphatic carbocycles. The molecule has 2 aromatic carbocycles. The molecule has 1 unspecified atom stereocenters. The average Bonchev–Trinajstić information content (AvgIpc) is 3.53. The first-order valence-corrected chi connectivity index (χ1v) is 13.8. The normalized spacial score (nSPS) is 15.0. The monoisotopic (exact) mass is 576 g/mol. The van der Waals surface area contributed by atoms with E-state index in [1.54, 1.807) is 81.4 Å². The number of carbonyl (C=O) groups is 2. The Balaban J connectivity index is 1.59. The van der Waals surface area contributed by atoms with Gasteiger partial charge in [0.15, 0.2) is 4.80 Å². The van der Waals surface area contributed by atoms with Gasteiger partial charge in [0.1, 0.15) is 17.6 Å². The number of furan rings is 1. The number of esters is 2. The molecule has 0 bridgehead atoms. The van der Waals surface area contributed by atoms with Crippen LogP contribution in [0.15, 0.2) is 86.1 Å². The topological polar surface area (TPSA) is 100 Å². The van der Waals surface area contributed by atoms with Gasteiger partial charge in [-0.25, -0.2) is 14.6 Å². The summed E-state index contributed by atoms with van der Waals surface area (Å²) < 4.78 is 18.3. The van der Waals surface area contributed by atoms with Crippen molar-refractivity contribution in [2.75, 3.05) is 13.2 Å². The molecule has 0 amide bonds. The molecular weight excluding hydrogens is 552 g/mol. The zero-order valence-corrected chi connectivity index (χ0v) is 23.5. The van der Waals surface area contributed by atoms with Crippen molar-refractivity contribution in [3.8, 4) is 11.3 Å². The second kappa shape index (κ2) is 11.5. The van der Waals surface area contributed by atoms with Crippen LogP contribution in [0.2, 0.25) is 5.02 Å². The van der Waals surface area contributed by atoms with Crippen LogP contribution < -0.4 is 14.9 Å².